The van der Waals surface area contributed by atoms with Gasteiger partial charge >= 0.3 is 0 Å². The van der Waals surface area contributed by atoms with E-state index in [1.54, 1.807) is 12.3 Å². The van der Waals surface area contributed by atoms with Crippen LogP contribution in [0.5, 0.6) is 0 Å². The summed E-state index contributed by atoms with van der Waals surface area (Å²) in [5.41, 5.74) is 3.24. The van der Waals surface area contributed by atoms with Crippen molar-refractivity contribution in [3.63, 3.8) is 0 Å². The molecular formula is C17H17NO2. The number of benzene rings is 1. The summed E-state index contributed by atoms with van der Waals surface area (Å²) >= 11 is 0. The highest BCUT2D eigenvalue weighted by molar-refractivity contribution is 5.95. The van der Waals surface area contributed by atoms with Crippen molar-refractivity contribution in [1.82, 2.24) is 4.90 Å². The van der Waals surface area contributed by atoms with E-state index in [0.717, 1.165) is 13.0 Å². The number of carbonyl (C=O) groups is 1. The average Bonchev–Trinajstić information content (AvgIpc) is 2.94. The molecule has 0 fully saturated rings. The standard InChI is InChI=1S/C17H17NO2/c1-13-16(9-12-20-13)17(19)18-10-7-15(8-11-18)14-5-3-2-4-6-14/h2-7,9,12H,8,10-11H2,1H3. The molecule has 1 aromatic carbocycles. The Labute approximate surface area is 118 Å². The van der Waals surface area contributed by atoms with Crippen LogP contribution in [0.15, 0.2) is 53.2 Å². The number of hydrogen-bond acceptors (Lipinski definition) is 2. The van der Waals surface area contributed by atoms with E-state index < -0.39 is 0 Å². The van der Waals surface area contributed by atoms with Gasteiger partial charge in [-0.25, -0.2) is 0 Å². The Morgan fingerprint density at radius 2 is 2.00 bits per heavy atom. The van der Waals surface area contributed by atoms with Crippen molar-refractivity contribution in [1.29, 1.82) is 0 Å². The Bertz CT molecular complexity index is 640. The fourth-order valence-electron chi connectivity index (χ4n) is 2.55. The quantitative estimate of drug-likeness (QED) is 0.834. The zero-order valence-corrected chi connectivity index (χ0v) is 11.5. The minimum Gasteiger partial charge on any atom is -0.469 e. The average molecular weight is 267 g/mol. The molecule has 1 aromatic heterocycles. The third-order valence-corrected chi connectivity index (χ3v) is 3.73. The number of amides is 1. The first-order chi connectivity index (χ1) is 9.75. The van der Waals surface area contributed by atoms with Crippen molar-refractivity contribution in [2.45, 2.75) is 13.3 Å². The Kier molecular flexibility index (Phi) is 3.42. The number of rotatable bonds is 2. The highest BCUT2D eigenvalue weighted by Gasteiger charge is 2.21. The van der Waals surface area contributed by atoms with Crippen LogP contribution in [-0.2, 0) is 0 Å². The van der Waals surface area contributed by atoms with Crippen LogP contribution in [0, 0.1) is 6.92 Å². The third-order valence-electron chi connectivity index (χ3n) is 3.73. The molecule has 0 aliphatic carbocycles. The van der Waals surface area contributed by atoms with Gasteiger partial charge in [-0.3, -0.25) is 4.79 Å². The number of furan rings is 1. The second-order valence-corrected chi connectivity index (χ2v) is 4.99. The summed E-state index contributed by atoms with van der Waals surface area (Å²) < 4.78 is 5.20. The number of carbonyl (C=O) groups excluding carboxylic acids is 1. The first-order valence-corrected chi connectivity index (χ1v) is 6.83. The molecule has 0 saturated carbocycles. The van der Waals surface area contributed by atoms with Crippen molar-refractivity contribution < 1.29 is 9.21 Å². The normalized spacial score (nSPS) is 15.1. The van der Waals surface area contributed by atoms with Gasteiger partial charge in [0.2, 0.25) is 0 Å². The zero-order valence-electron chi connectivity index (χ0n) is 11.5. The number of aryl methyl sites for hydroxylation is 1. The summed E-state index contributed by atoms with van der Waals surface area (Å²) in [6.45, 7) is 3.24. The maximum Gasteiger partial charge on any atom is 0.257 e. The Hall–Kier alpha value is -2.29. The largest absolute Gasteiger partial charge is 0.469 e. The first kappa shape index (κ1) is 12.7. The highest BCUT2D eigenvalue weighted by Crippen LogP contribution is 2.23. The molecule has 0 spiro atoms. The molecule has 3 nitrogen and oxygen atoms in total. The lowest BCUT2D eigenvalue weighted by atomic mass is 9.99. The van der Waals surface area contributed by atoms with E-state index in [0.29, 0.717) is 17.9 Å². The van der Waals surface area contributed by atoms with Gasteiger partial charge in [-0.05, 0) is 30.5 Å². The molecule has 0 radical (unpaired) electrons. The van der Waals surface area contributed by atoms with Gasteiger partial charge in [0.1, 0.15) is 5.76 Å². The fourth-order valence-corrected chi connectivity index (χ4v) is 2.55. The maximum absolute atomic E-state index is 12.4. The van der Waals surface area contributed by atoms with E-state index in [2.05, 4.69) is 18.2 Å². The van der Waals surface area contributed by atoms with E-state index in [1.165, 1.54) is 11.1 Å². The molecule has 2 aromatic rings. The minimum atomic E-state index is 0.0552. The molecule has 0 unspecified atom stereocenters. The summed E-state index contributed by atoms with van der Waals surface area (Å²) in [5, 5.41) is 0. The van der Waals surface area contributed by atoms with Crippen LogP contribution < -0.4 is 0 Å². The van der Waals surface area contributed by atoms with Gasteiger partial charge in [-0.2, -0.15) is 0 Å². The molecule has 0 saturated heterocycles. The molecule has 0 atom stereocenters. The summed E-state index contributed by atoms with van der Waals surface area (Å²) in [6, 6.07) is 12.1. The topological polar surface area (TPSA) is 33.5 Å². The third kappa shape index (κ3) is 2.39. The molecule has 0 bridgehead atoms. The molecule has 3 heteroatoms. The lowest BCUT2D eigenvalue weighted by Crippen LogP contribution is -2.34. The molecular weight excluding hydrogens is 250 g/mol. The molecule has 1 aliphatic rings. The SMILES string of the molecule is Cc1occc1C(=O)N1CC=C(c2ccccc2)CC1. The van der Waals surface area contributed by atoms with Gasteiger partial charge in [-0.15, -0.1) is 0 Å². The summed E-state index contributed by atoms with van der Waals surface area (Å²) in [5.74, 6) is 0.743. The van der Waals surface area contributed by atoms with Crippen LogP contribution in [0.4, 0.5) is 0 Å². The number of hydrogen-bond donors (Lipinski definition) is 0. The lowest BCUT2D eigenvalue weighted by Gasteiger charge is -2.26. The van der Waals surface area contributed by atoms with Crippen molar-refractivity contribution in [2.24, 2.45) is 0 Å². The van der Waals surface area contributed by atoms with Crippen molar-refractivity contribution >= 4 is 11.5 Å². The van der Waals surface area contributed by atoms with Crippen LogP contribution in [-0.4, -0.2) is 23.9 Å². The molecule has 1 amide bonds. The van der Waals surface area contributed by atoms with Crippen molar-refractivity contribution in [2.75, 3.05) is 13.1 Å². The van der Waals surface area contributed by atoms with Gasteiger partial charge in [0.25, 0.3) is 5.91 Å². The van der Waals surface area contributed by atoms with Gasteiger partial charge in [0.05, 0.1) is 11.8 Å². The van der Waals surface area contributed by atoms with Crippen LogP contribution in [0.1, 0.15) is 28.1 Å². The molecule has 2 heterocycles. The lowest BCUT2D eigenvalue weighted by molar-refractivity contribution is 0.0771. The van der Waals surface area contributed by atoms with Crippen LogP contribution in [0.25, 0.3) is 5.57 Å². The van der Waals surface area contributed by atoms with Crippen molar-refractivity contribution in [3.05, 3.63) is 65.6 Å². The van der Waals surface area contributed by atoms with Gasteiger partial charge in [-0.1, -0.05) is 36.4 Å². The summed E-state index contributed by atoms with van der Waals surface area (Å²) in [4.78, 5) is 14.2. The van der Waals surface area contributed by atoms with E-state index in [-0.39, 0.29) is 5.91 Å². The molecule has 20 heavy (non-hydrogen) atoms. The zero-order chi connectivity index (χ0) is 13.9. The number of nitrogens with zero attached hydrogens (tertiary/aromatic N) is 1. The molecule has 102 valence electrons. The molecule has 0 N–H and O–H groups in total. The van der Waals surface area contributed by atoms with Gasteiger partial charge in [0.15, 0.2) is 0 Å². The van der Waals surface area contributed by atoms with Crippen LogP contribution in [0.2, 0.25) is 0 Å². The second kappa shape index (κ2) is 5.37. The summed E-state index contributed by atoms with van der Waals surface area (Å²) in [7, 11) is 0. The molecule has 1 aliphatic heterocycles. The predicted octanol–water partition coefficient (Wildman–Crippen LogP) is 3.52. The highest BCUT2D eigenvalue weighted by atomic mass is 16.3. The Balaban J connectivity index is 1.74. The Morgan fingerprint density at radius 1 is 1.20 bits per heavy atom. The van der Waals surface area contributed by atoms with E-state index >= 15 is 0 Å². The first-order valence-electron chi connectivity index (χ1n) is 6.83. The second-order valence-electron chi connectivity index (χ2n) is 4.99. The van der Waals surface area contributed by atoms with Gasteiger partial charge in [0, 0.05) is 13.1 Å². The minimum absolute atomic E-state index is 0.0552. The fraction of sp³-hybridized carbons (Fsp3) is 0.235. The summed E-state index contributed by atoms with van der Waals surface area (Å²) in [6.07, 6.45) is 4.61. The van der Waals surface area contributed by atoms with Gasteiger partial charge < -0.3 is 9.32 Å². The maximum atomic E-state index is 12.4. The van der Waals surface area contributed by atoms with Crippen molar-refractivity contribution in [3.8, 4) is 0 Å². The molecule has 3 rings (SSSR count). The van der Waals surface area contributed by atoms with Crippen LogP contribution in [0.3, 0.4) is 0 Å². The Morgan fingerprint density at radius 3 is 2.60 bits per heavy atom. The van der Waals surface area contributed by atoms with E-state index in [1.807, 2.05) is 30.0 Å². The predicted molar refractivity (Wildman–Crippen MR) is 78.4 cm³/mol. The monoisotopic (exact) mass is 267 g/mol. The van der Waals surface area contributed by atoms with E-state index in [9.17, 15) is 4.79 Å². The smallest absolute Gasteiger partial charge is 0.257 e. The van der Waals surface area contributed by atoms with E-state index in [4.69, 9.17) is 4.42 Å². The van der Waals surface area contributed by atoms with Crippen LogP contribution >= 0.6 is 0 Å².